The minimum absolute atomic E-state index is 0.123. The Morgan fingerprint density at radius 2 is 1.81 bits per heavy atom. The summed E-state index contributed by atoms with van der Waals surface area (Å²) in [6.45, 7) is 0. The van der Waals surface area contributed by atoms with Gasteiger partial charge in [0, 0.05) is 53.6 Å². The van der Waals surface area contributed by atoms with Crippen molar-refractivity contribution in [3.63, 3.8) is 0 Å². The Kier molecular flexibility index (Phi) is 5.28. The molecule has 2 atom stereocenters. The van der Waals surface area contributed by atoms with E-state index in [9.17, 15) is 8.78 Å². The molecular weight excluding hydrogens is 466 g/mol. The van der Waals surface area contributed by atoms with E-state index in [0.29, 0.717) is 28.3 Å². The molecule has 0 spiro atoms. The Balaban J connectivity index is 1.37. The van der Waals surface area contributed by atoms with Gasteiger partial charge in [-0.2, -0.15) is 10.1 Å². The van der Waals surface area contributed by atoms with Crippen molar-refractivity contribution in [1.82, 2.24) is 29.5 Å². The molecule has 0 bridgehead atoms. The first-order chi connectivity index (χ1) is 17.6. The Morgan fingerprint density at radius 1 is 0.917 bits per heavy atom. The molecule has 1 aliphatic rings. The van der Waals surface area contributed by atoms with Crippen molar-refractivity contribution in [2.75, 3.05) is 14.2 Å². The summed E-state index contributed by atoms with van der Waals surface area (Å²) >= 11 is 0. The molecule has 8 nitrogen and oxygen atoms in total. The maximum Gasteiger partial charge on any atom is 0.319 e. The molecule has 4 aromatic heterocycles. The van der Waals surface area contributed by atoms with E-state index in [2.05, 4.69) is 25.0 Å². The highest BCUT2D eigenvalue weighted by molar-refractivity contribution is 5.69. The average molecular weight is 486 g/mol. The fraction of sp³-hybridized carbons (Fsp3) is 0.192. The van der Waals surface area contributed by atoms with Crippen LogP contribution < -0.4 is 9.47 Å². The van der Waals surface area contributed by atoms with Crippen LogP contribution in [0.5, 0.6) is 11.9 Å². The number of pyridine rings is 1. The van der Waals surface area contributed by atoms with Gasteiger partial charge < -0.3 is 9.47 Å². The van der Waals surface area contributed by atoms with E-state index in [4.69, 9.17) is 9.47 Å². The molecule has 5 aromatic rings. The van der Waals surface area contributed by atoms with Crippen LogP contribution in [0.2, 0.25) is 0 Å². The first-order valence-corrected chi connectivity index (χ1v) is 11.3. The monoisotopic (exact) mass is 486 g/mol. The molecular formula is C26H20F2N6O2. The lowest BCUT2D eigenvalue weighted by Gasteiger charge is -2.11. The number of benzene rings is 1. The van der Waals surface area contributed by atoms with Gasteiger partial charge in [0.2, 0.25) is 5.88 Å². The summed E-state index contributed by atoms with van der Waals surface area (Å²) in [6.07, 6.45) is 7.61. The van der Waals surface area contributed by atoms with Crippen molar-refractivity contribution < 1.29 is 18.3 Å². The lowest BCUT2D eigenvalue weighted by Crippen LogP contribution is -2.02. The summed E-state index contributed by atoms with van der Waals surface area (Å²) in [5.74, 6) is -0.597. The predicted molar refractivity (Wildman–Crippen MR) is 127 cm³/mol. The number of ether oxygens (including phenoxy) is 2. The zero-order valence-electron chi connectivity index (χ0n) is 19.4. The van der Waals surface area contributed by atoms with Gasteiger partial charge in [-0.25, -0.2) is 23.3 Å². The highest BCUT2D eigenvalue weighted by Crippen LogP contribution is 2.55. The van der Waals surface area contributed by atoms with Gasteiger partial charge in [0.05, 0.1) is 25.5 Å². The van der Waals surface area contributed by atoms with E-state index in [1.165, 1.54) is 26.4 Å². The summed E-state index contributed by atoms with van der Waals surface area (Å²) in [6, 6.07) is 9.36. The number of methoxy groups -OCH3 is 2. The number of rotatable bonds is 6. The van der Waals surface area contributed by atoms with Crippen molar-refractivity contribution in [3.8, 4) is 34.3 Å². The van der Waals surface area contributed by atoms with Crippen LogP contribution in [-0.2, 0) is 0 Å². The van der Waals surface area contributed by atoms with Crippen LogP contribution in [0.25, 0.3) is 28.0 Å². The fourth-order valence-electron chi connectivity index (χ4n) is 4.53. The van der Waals surface area contributed by atoms with Crippen LogP contribution in [0.4, 0.5) is 8.78 Å². The maximum atomic E-state index is 14.4. The third-order valence-corrected chi connectivity index (χ3v) is 6.36. The maximum absolute atomic E-state index is 14.4. The molecule has 1 aliphatic carbocycles. The van der Waals surface area contributed by atoms with Gasteiger partial charge in [0.25, 0.3) is 0 Å². The molecule has 1 saturated carbocycles. The van der Waals surface area contributed by atoms with Crippen molar-refractivity contribution in [2.24, 2.45) is 0 Å². The van der Waals surface area contributed by atoms with E-state index in [-0.39, 0.29) is 17.8 Å². The molecule has 1 unspecified atom stereocenters. The van der Waals surface area contributed by atoms with Crippen molar-refractivity contribution >= 4 is 5.65 Å². The molecule has 0 aliphatic heterocycles. The van der Waals surface area contributed by atoms with Crippen molar-refractivity contribution in [3.05, 3.63) is 84.1 Å². The molecule has 0 N–H and O–H groups in total. The lowest BCUT2D eigenvalue weighted by atomic mass is 10.0. The predicted octanol–water partition coefficient (Wildman–Crippen LogP) is 4.81. The van der Waals surface area contributed by atoms with E-state index in [0.717, 1.165) is 29.4 Å². The number of fused-ring (bicyclic) bond motifs is 1. The second-order valence-corrected chi connectivity index (χ2v) is 8.50. The minimum atomic E-state index is -0.608. The third-order valence-electron chi connectivity index (χ3n) is 6.36. The highest BCUT2D eigenvalue weighted by Gasteiger charge is 2.42. The van der Waals surface area contributed by atoms with Crippen LogP contribution >= 0.6 is 0 Å². The third kappa shape index (κ3) is 3.80. The molecule has 0 radical (unpaired) electrons. The van der Waals surface area contributed by atoms with Gasteiger partial charge in [-0.15, -0.1) is 0 Å². The Bertz CT molecular complexity index is 1610. The molecule has 10 heteroatoms. The van der Waals surface area contributed by atoms with Crippen LogP contribution in [0.1, 0.15) is 29.5 Å². The van der Waals surface area contributed by atoms with Crippen LogP contribution in [0.15, 0.2) is 61.2 Å². The van der Waals surface area contributed by atoms with E-state index in [1.807, 2.05) is 12.1 Å². The van der Waals surface area contributed by atoms with Gasteiger partial charge in [-0.05, 0) is 48.2 Å². The average Bonchev–Trinajstić information content (AvgIpc) is 3.56. The number of hydrogen-bond donors (Lipinski definition) is 0. The molecule has 0 amide bonds. The van der Waals surface area contributed by atoms with Crippen molar-refractivity contribution in [2.45, 2.75) is 18.3 Å². The van der Waals surface area contributed by atoms with Gasteiger partial charge >= 0.3 is 6.01 Å². The van der Waals surface area contributed by atoms with Crippen LogP contribution in [-0.4, -0.2) is 43.8 Å². The van der Waals surface area contributed by atoms with E-state index < -0.39 is 11.6 Å². The molecule has 0 saturated heterocycles. The molecule has 6 rings (SSSR count). The van der Waals surface area contributed by atoms with Gasteiger partial charge in [-0.1, -0.05) is 0 Å². The number of aromatic nitrogens is 6. The van der Waals surface area contributed by atoms with Crippen LogP contribution in [0, 0.1) is 11.6 Å². The zero-order valence-corrected chi connectivity index (χ0v) is 19.4. The minimum Gasteiger partial charge on any atom is -0.480 e. The quantitative estimate of drug-likeness (QED) is 0.340. The topological polar surface area (TPSA) is 87.3 Å². The normalized spacial score (nSPS) is 16.8. The van der Waals surface area contributed by atoms with Gasteiger partial charge in [-0.3, -0.25) is 4.98 Å². The van der Waals surface area contributed by atoms with Crippen LogP contribution in [0.3, 0.4) is 0 Å². The summed E-state index contributed by atoms with van der Waals surface area (Å²) in [5, 5.41) is 4.67. The largest absolute Gasteiger partial charge is 0.480 e. The molecule has 1 fully saturated rings. The second kappa shape index (κ2) is 8.63. The summed E-state index contributed by atoms with van der Waals surface area (Å²) in [4.78, 5) is 17.5. The van der Waals surface area contributed by atoms with Gasteiger partial charge in [0.1, 0.15) is 11.6 Å². The number of nitrogens with zero attached hydrogens (tertiary/aromatic N) is 6. The summed E-state index contributed by atoms with van der Waals surface area (Å²) < 4.78 is 40.0. The molecule has 36 heavy (non-hydrogen) atoms. The number of imidazole rings is 1. The standard InChI is InChI=1S/C26H20F2N6O2/c1-35-25-20(13-31-26(32-25)36-2)23-12-19(24-30-7-8-34(24)33-23)17-11-18(17)22-9-14(5-6-29-22)16-4-3-15(27)10-21(16)28/h3-10,12-13,17-18H,11H2,1-2H3/t17?,18-/m0/s1. The molecule has 180 valence electrons. The lowest BCUT2D eigenvalue weighted by molar-refractivity contribution is 0.353. The molecule has 4 heterocycles. The SMILES string of the molecule is COc1ncc(-c2cc(C3C[C@@H]3c3cc(-c4ccc(F)cc4F)ccn3)c3nccn3n2)c(OC)n1. The summed E-state index contributed by atoms with van der Waals surface area (Å²) in [5.41, 5.74) is 4.86. The second-order valence-electron chi connectivity index (χ2n) is 8.50. The molecule has 1 aromatic carbocycles. The first kappa shape index (κ1) is 22.0. The number of halogens is 2. The number of hydrogen-bond acceptors (Lipinski definition) is 7. The van der Waals surface area contributed by atoms with E-state index >= 15 is 0 Å². The Hall–Kier alpha value is -4.47. The smallest absolute Gasteiger partial charge is 0.319 e. The van der Waals surface area contributed by atoms with E-state index in [1.54, 1.807) is 35.4 Å². The Morgan fingerprint density at radius 3 is 2.61 bits per heavy atom. The zero-order chi connectivity index (χ0) is 24.8. The fourth-order valence-corrected chi connectivity index (χ4v) is 4.53. The van der Waals surface area contributed by atoms with Crippen molar-refractivity contribution in [1.29, 1.82) is 0 Å². The first-order valence-electron chi connectivity index (χ1n) is 11.3. The summed E-state index contributed by atoms with van der Waals surface area (Å²) in [7, 11) is 3.02. The Labute approximate surface area is 204 Å². The van der Waals surface area contributed by atoms with Gasteiger partial charge in [0.15, 0.2) is 5.65 Å². The highest BCUT2D eigenvalue weighted by atomic mass is 19.1.